The van der Waals surface area contributed by atoms with E-state index in [2.05, 4.69) is 0 Å². The predicted molar refractivity (Wildman–Crippen MR) is 77.4 cm³/mol. The van der Waals surface area contributed by atoms with Crippen LogP contribution >= 0.6 is 0 Å². The van der Waals surface area contributed by atoms with Crippen LogP contribution in [0.3, 0.4) is 0 Å². The molecule has 0 bridgehead atoms. The van der Waals surface area contributed by atoms with Crippen molar-refractivity contribution in [1.29, 1.82) is 0 Å². The van der Waals surface area contributed by atoms with Gasteiger partial charge in [-0.1, -0.05) is 12.1 Å². The summed E-state index contributed by atoms with van der Waals surface area (Å²) in [5, 5.41) is 0. The van der Waals surface area contributed by atoms with Crippen molar-refractivity contribution in [3.8, 4) is 0 Å². The van der Waals surface area contributed by atoms with Crippen LogP contribution in [0, 0.1) is 0 Å². The molecule has 0 amide bonds. The fourth-order valence-electron chi connectivity index (χ4n) is 2.49. The highest BCUT2D eigenvalue weighted by molar-refractivity contribution is 6.33. The summed E-state index contributed by atoms with van der Waals surface area (Å²) in [4.78, 5) is 25.1. The van der Waals surface area contributed by atoms with Crippen molar-refractivity contribution < 1.29 is 9.59 Å². The second-order valence-corrected chi connectivity index (χ2v) is 4.65. The van der Waals surface area contributed by atoms with Crippen molar-refractivity contribution in [3.63, 3.8) is 0 Å². The molecular weight excluding hydrogens is 256 g/mol. The zero-order valence-corrected chi connectivity index (χ0v) is 10.4. The molecule has 2 aromatic carbocycles. The summed E-state index contributed by atoms with van der Waals surface area (Å²) in [6.07, 6.45) is 0. The monoisotopic (exact) mass is 268 g/mol. The summed E-state index contributed by atoms with van der Waals surface area (Å²) in [6.45, 7) is 0. The molecule has 1 aliphatic carbocycles. The summed E-state index contributed by atoms with van der Waals surface area (Å²) in [6, 6.07) is 6.08. The van der Waals surface area contributed by atoms with Crippen LogP contribution in [-0.4, -0.2) is 11.6 Å². The number of benzene rings is 2. The van der Waals surface area contributed by atoms with E-state index in [1.54, 1.807) is 12.1 Å². The Morgan fingerprint density at radius 1 is 0.700 bits per heavy atom. The summed E-state index contributed by atoms with van der Waals surface area (Å²) >= 11 is 0. The van der Waals surface area contributed by atoms with Crippen LogP contribution < -0.4 is 22.9 Å². The Bertz CT molecular complexity index is 796. The van der Waals surface area contributed by atoms with Gasteiger partial charge >= 0.3 is 0 Å². The Labute approximate surface area is 114 Å². The highest BCUT2D eigenvalue weighted by Crippen LogP contribution is 2.38. The number of nitrogen functional groups attached to an aromatic ring is 4. The van der Waals surface area contributed by atoms with Crippen molar-refractivity contribution in [2.45, 2.75) is 0 Å². The molecule has 2 aromatic rings. The number of hydrogen-bond acceptors (Lipinski definition) is 6. The summed E-state index contributed by atoms with van der Waals surface area (Å²) in [5.74, 6) is -0.796. The molecule has 0 fully saturated rings. The molecule has 8 N–H and O–H groups in total. The minimum atomic E-state index is -0.406. The smallest absolute Gasteiger partial charge is 0.198 e. The molecule has 3 rings (SSSR count). The van der Waals surface area contributed by atoms with Crippen molar-refractivity contribution in [2.24, 2.45) is 0 Å². The summed E-state index contributed by atoms with van der Waals surface area (Å²) < 4.78 is 0. The predicted octanol–water partition coefficient (Wildman–Crippen LogP) is 0.791. The first kappa shape index (κ1) is 12.0. The Balaban J connectivity index is 2.44. The minimum absolute atomic E-state index is 0.0607. The van der Waals surface area contributed by atoms with Gasteiger partial charge in [0.25, 0.3) is 0 Å². The van der Waals surface area contributed by atoms with Gasteiger partial charge in [0, 0.05) is 16.9 Å². The molecule has 6 nitrogen and oxygen atoms in total. The molecule has 20 heavy (non-hydrogen) atoms. The van der Waals surface area contributed by atoms with Crippen molar-refractivity contribution in [1.82, 2.24) is 0 Å². The van der Waals surface area contributed by atoms with Gasteiger partial charge in [-0.3, -0.25) is 9.59 Å². The lowest BCUT2D eigenvalue weighted by atomic mass is 9.81. The molecule has 100 valence electrons. The van der Waals surface area contributed by atoms with Gasteiger partial charge in [-0.2, -0.15) is 0 Å². The first-order valence-corrected chi connectivity index (χ1v) is 5.88. The van der Waals surface area contributed by atoms with Crippen LogP contribution in [0.25, 0.3) is 0 Å². The second-order valence-electron chi connectivity index (χ2n) is 4.65. The van der Waals surface area contributed by atoms with E-state index in [1.165, 1.54) is 12.1 Å². The minimum Gasteiger partial charge on any atom is -0.398 e. The lowest BCUT2D eigenvalue weighted by Crippen LogP contribution is -2.25. The zero-order valence-electron chi connectivity index (χ0n) is 10.4. The van der Waals surface area contributed by atoms with E-state index in [0.29, 0.717) is 0 Å². The van der Waals surface area contributed by atoms with Gasteiger partial charge in [-0.05, 0) is 12.1 Å². The van der Waals surface area contributed by atoms with Crippen LogP contribution in [0.15, 0.2) is 24.3 Å². The number of hydrogen-bond donors (Lipinski definition) is 4. The van der Waals surface area contributed by atoms with Crippen LogP contribution in [0.4, 0.5) is 22.7 Å². The Kier molecular flexibility index (Phi) is 2.25. The molecule has 0 aromatic heterocycles. The number of rotatable bonds is 0. The molecular formula is C14H12N4O2. The Hall–Kier alpha value is -3.02. The van der Waals surface area contributed by atoms with Gasteiger partial charge in [0.05, 0.1) is 28.1 Å². The Morgan fingerprint density at radius 2 is 1.40 bits per heavy atom. The summed E-state index contributed by atoms with van der Waals surface area (Å²) in [7, 11) is 0. The molecule has 0 saturated heterocycles. The molecule has 0 spiro atoms. The molecule has 0 aliphatic heterocycles. The van der Waals surface area contributed by atoms with E-state index in [0.717, 1.165) is 0 Å². The fraction of sp³-hybridized carbons (Fsp3) is 0. The number of fused-ring (bicyclic) bond motifs is 2. The lowest BCUT2D eigenvalue weighted by Gasteiger charge is -2.22. The van der Waals surface area contributed by atoms with Crippen LogP contribution in [0.2, 0.25) is 0 Å². The molecule has 0 heterocycles. The first-order chi connectivity index (χ1) is 9.43. The van der Waals surface area contributed by atoms with Gasteiger partial charge in [-0.15, -0.1) is 0 Å². The average molecular weight is 268 g/mol. The van der Waals surface area contributed by atoms with E-state index in [4.69, 9.17) is 22.9 Å². The standard InChI is InChI=1S/C14H12N4O2/c15-6-3-1-2-5-9(6)14(20)10-7(16)4-8(17)12(18)11(10)13(5)19/h1-4H,15-18H2. The van der Waals surface area contributed by atoms with Gasteiger partial charge in [0.15, 0.2) is 11.6 Å². The first-order valence-electron chi connectivity index (χ1n) is 5.88. The molecule has 0 saturated carbocycles. The van der Waals surface area contributed by atoms with Crippen molar-refractivity contribution in [2.75, 3.05) is 22.9 Å². The SMILES string of the molecule is Nc1cc(N)c2c(c1N)C(=O)c1cccc(N)c1C2=O. The van der Waals surface area contributed by atoms with Gasteiger partial charge in [-0.25, -0.2) is 0 Å². The van der Waals surface area contributed by atoms with E-state index >= 15 is 0 Å². The quantitative estimate of drug-likeness (QED) is 0.444. The van der Waals surface area contributed by atoms with Gasteiger partial charge < -0.3 is 22.9 Å². The van der Waals surface area contributed by atoms with Crippen LogP contribution in [0.1, 0.15) is 31.8 Å². The van der Waals surface area contributed by atoms with E-state index in [1.807, 2.05) is 0 Å². The molecule has 0 atom stereocenters. The van der Waals surface area contributed by atoms with E-state index in [9.17, 15) is 9.59 Å². The normalized spacial score (nSPS) is 13.0. The molecule has 6 heteroatoms. The number of carbonyl (C=O) groups is 2. The van der Waals surface area contributed by atoms with Crippen molar-refractivity contribution >= 4 is 34.3 Å². The highest BCUT2D eigenvalue weighted by Gasteiger charge is 2.35. The molecule has 1 aliphatic rings. The molecule has 0 unspecified atom stereocenters. The largest absolute Gasteiger partial charge is 0.398 e. The molecule has 0 radical (unpaired) electrons. The second kappa shape index (κ2) is 3.74. The maximum Gasteiger partial charge on any atom is 0.198 e. The summed E-state index contributed by atoms with van der Waals surface area (Å²) in [5.41, 5.74) is 24.3. The van der Waals surface area contributed by atoms with Crippen LogP contribution in [-0.2, 0) is 0 Å². The topological polar surface area (TPSA) is 138 Å². The number of carbonyl (C=O) groups excluding carboxylic acids is 2. The van der Waals surface area contributed by atoms with E-state index < -0.39 is 11.6 Å². The Morgan fingerprint density at radius 3 is 2.10 bits per heavy atom. The average Bonchev–Trinajstić information content (AvgIpc) is 2.40. The van der Waals surface area contributed by atoms with Gasteiger partial charge in [0.2, 0.25) is 0 Å². The maximum absolute atomic E-state index is 12.6. The lowest BCUT2D eigenvalue weighted by molar-refractivity contribution is 0.0981. The fourth-order valence-corrected chi connectivity index (χ4v) is 2.49. The maximum atomic E-state index is 12.6. The van der Waals surface area contributed by atoms with Gasteiger partial charge in [0.1, 0.15) is 0 Å². The van der Waals surface area contributed by atoms with E-state index in [-0.39, 0.29) is 45.0 Å². The van der Waals surface area contributed by atoms with Crippen molar-refractivity contribution in [3.05, 3.63) is 46.5 Å². The third kappa shape index (κ3) is 1.33. The number of anilines is 4. The third-order valence-electron chi connectivity index (χ3n) is 3.45. The highest BCUT2D eigenvalue weighted by atomic mass is 16.1. The zero-order chi connectivity index (χ0) is 14.6. The number of nitrogens with two attached hydrogens (primary N) is 4. The van der Waals surface area contributed by atoms with Crippen LogP contribution in [0.5, 0.6) is 0 Å². The third-order valence-corrected chi connectivity index (χ3v) is 3.45. The number of ketones is 2.